The number of hydrogen-bond acceptors (Lipinski definition) is 3. The second-order valence-corrected chi connectivity index (χ2v) is 6.31. The van der Waals surface area contributed by atoms with Crippen molar-refractivity contribution in [2.45, 2.75) is 32.0 Å². The highest BCUT2D eigenvalue weighted by atomic mass is 79.9. The number of hydrogen-bond donors (Lipinski definition) is 1. The Morgan fingerprint density at radius 2 is 1.95 bits per heavy atom. The van der Waals surface area contributed by atoms with Crippen molar-refractivity contribution in [2.24, 2.45) is 0 Å². The SMILES string of the molecule is Nc1cccc(CN(Cc2cncc(Br)c2)C2CC2)c1. The van der Waals surface area contributed by atoms with Crippen molar-refractivity contribution in [1.29, 1.82) is 0 Å². The standard InChI is InChI=1S/C16H18BrN3/c17-14-6-13(8-19-9-14)11-20(16-4-5-16)10-12-2-1-3-15(18)7-12/h1-3,6-9,16H,4-5,10-11,18H2. The van der Waals surface area contributed by atoms with Crippen LogP contribution in [0.2, 0.25) is 0 Å². The van der Waals surface area contributed by atoms with Crippen LogP contribution in [0, 0.1) is 0 Å². The molecule has 0 aliphatic heterocycles. The van der Waals surface area contributed by atoms with Gasteiger partial charge in [0.1, 0.15) is 0 Å². The number of nitrogens with two attached hydrogens (primary N) is 1. The molecular weight excluding hydrogens is 314 g/mol. The number of halogens is 1. The Labute approximate surface area is 127 Å². The van der Waals surface area contributed by atoms with Gasteiger partial charge in [-0.15, -0.1) is 0 Å². The molecule has 1 heterocycles. The predicted molar refractivity (Wildman–Crippen MR) is 85.1 cm³/mol. The Morgan fingerprint density at radius 3 is 2.65 bits per heavy atom. The molecule has 2 aromatic rings. The maximum Gasteiger partial charge on any atom is 0.0410 e. The summed E-state index contributed by atoms with van der Waals surface area (Å²) in [5.74, 6) is 0. The van der Waals surface area contributed by atoms with Crippen molar-refractivity contribution in [2.75, 3.05) is 5.73 Å². The molecular formula is C16H18BrN3. The van der Waals surface area contributed by atoms with Crippen LogP contribution in [-0.2, 0) is 13.1 Å². The summed E-state index contributed by atoms with van der Waals surface area (Å²) < 4.78 is 1.04. The molecule has 0 saturated heterocycles. The largest absolute Gasteiger partial charge is 0.399 e. The average molecular weight is 332 g/mol. The maximum atomic E-state index is 5.86. The van der Waals surface area contributed by atoms with E-state index in [0.717, 1.165) is 23.2 Å². The van der Waals surface area contributed by atoms with E-state index in [2.05, 4.69) is 44.0 Å². The van der Waals surface area contributed by atoms with Crippen LogP contribution in [0.1, 0.15) is 24.0 Å². The fourth-order valence-corrected chi connectivity index (χ4v) is 2.87. The van der Waals surface area contributed by atoms with E-state index in [9.17, 15) is 0 Å². The van der Waals surface area contributed by atoms with Crippen molar-refractivity contribution >= 4 is 21.6 Å². The summed E-state index contributed by atoms with van der Waals surface area (Å²) in [5, 5.41) is 0. The van der Waals surface area contributed by atoms with E-state index < -0.39 is 0 Å². The van der Waals surface area contributed by atoms with E-state index in [1.807, 2.05) is 24.5 Å². The van der Waals surface area contributed by atoms with E-state index in [4.69, 9.17) is 5.73 Å². The number of pyridine rings is 1. The monoisotopic (exact) mass is 331 g/mol. The summed E-state index contributed by atoms with van der Waals surface area (Å²) >= 11 is 3.48. The molecule has 1 aliphatic rings. The van der Waals surface area contributed by atoms with Gasteiger partial charge < -0.3 is 5.73 Å². The molecule has 1 aromatic heterocycles. The lowest BCUT2D eigenvalue weighted by atomic mass is 10.1. The first-order valence-electron chi connectivity index (χ1n) is 6.88. The van der Waals surface area contributed by atoms with Gasteiger partial charge in [0.05, 0.1) is 0 Å². The molecule has 2 N–H and O–H groups in total. The van der Waals surface area contributed by atoms with E-state index in [1.165, 1.54) is 24.0 Å². The first-order chi connectivity index (χ1) is 9.70. The zero-order valence-corrected chi connectivity index (χ0v) is 12.9. The van der Waals surface area contributed by atoms with E-state index >= 15 is 0 Å². The van der Waals surface area contributed by atoms with Crippen LogP contribution in [0.5, 0.6) is 0 Å². The maximum absolute atomic E-state index is 5.86. The number of nitrogen functional groups attached to an aromatic ring is 1. The van der Waals surface area contributed by atoms with Crippen LogP contribution in [0.4, 0.5) is 5.69 Å². The van der Waals surface area contributed by atoms with Gasteiger partial charge >= 0.3 is 0 Å². The van der Waals surface area contributed by atoms with Gasteiger partial charge in [-0.25, -0.2) is 0 Å². The minimum atomic E-state index is 0.704. The number of aromatic nitrogens is 1. The molecule has 1 fully saturated rings. The lowest BCUT2D eigenvalue weighted by Crippen LogP contribution is -2.25. The van der Waals surface area contributed by atoms with Crippen LogP contribution in [-0.4, -0.2) is 15.9 Å². The lowest BCUT2D eigenvalue weighted by molar-refractivity contribution is 0.245. The van der Waals surface area contributed by atoms with Crippen LogP contribution in [0.15, 0.2) is 47.2 Å². The Bertz CT molecular complexity index is 548. The Morgan fingerprint density at radius 1 is 1.15 bits per heavy atom. The highest BCUT2D eigenvalue weighted by Crippen LogP contribution is 2.30. The zero-order valence-electron chi connectivity index (χ0n) is 11.3. The molecule has 1 aromatic carbocycles. The van der Waals surface area contributed by atoms with Gasteiger partial charge in [-0.2, -0.15) is 0 Å². The minimum absolute atomic E-state index is 0.704. The normalized spacial score (nSPS) is 14.7. The molecule has 4 heteroatoms. The second kappa shape index (κ2) is 5.94. The number of anilines is 1. The minimum Gasteiger partial charge on any atom is -0.399 e. The zero-order chi connectivity index (χ0) is 13.9. The molecule has 0 spiro atoms. The smallest absolute Gasteiger partial charge is 0.0410 e. The highest BCUT2D eigenvalue weighted by Gasteiger charge is 2.29. The summed E-state index contributed by atoms with van der Waals surface area (Å²) in [4.78, 5) is 6.76. The Kier molecular flexibility index (Phi) is 4.03. The molecule has 20 heavy (non-hydrogen) atoms. The molecule has 0 radical (unpaired) electrons. The van der Waals surface area contributed by atoms with Crippen LogP contribution >= 0.6 is 15.9 Å². The van der Waals surface area contributed by atoms with Gasteiger partial charge in [0.25, 0.3) is 0 Å². The van der Waals surface area contributed by atoms with Crippen LogP contribution < -0.4 is 5.73 Å². The van der Waals surface area contributed by atoms with Crippen molar-refractivity contribution in [1.82, 2.24) is 9.88 Å². The van der Waals surface area contributed by atoms with Crippen molar-refractivity contribution in [3.63, 3.8) is 0 Å². The van der Waals surface area contributed by atoms with Crippen LogP contribution in [0.25, 0.3) is 0 Å². The number of nitrogens with zero attached hydrogens (tertiary/aromatic N) is 2. The number of rotatable bonds is 5. The molecule has 0 amide bonds. The number of benzene rings is 1. The quantitative estimate of drug-likeness (QED) is 0.851. The third-order valence-corrected chi connectivity index (χ3v) is 3.98. The molecule has 1 aliphatic carbocycles. The fraction of sp³-hybridized carbons (Fsp3) is 0.312. The summed E-state index contributed by atoms with van der Waals surface area (Å²) in [7, 11) is 0. The van der Waals surface area contributed by atoms with E-state index in [1.54, 1.807) is 0 Å². The summed E-state index contributed by atoms with van der Waals surface area (Å²) in [5.41, 5.74) is 9.22. The van der Waals surface area contributed by atoms with Crippen LogP contribution in [0.3, 0.4) is 0 Å². The van der Waals surface area contributed by atoms with Crippen molar-refractivity contribution in [3.8, 4) is 0 Å². The first kappa shape index (κ1) is 13.6. The topological polar surface area (TPSA) is 42.1 Å². The molecule has 0 bridgehead atoms. The highest BCUT2D eigenvalue weighted by molar-refractivity contribution is 9.10. The first-order valence-corrected chi connectivity index (χ1v) is 7.68. The van der Waals surface area contributed by atoms with E-state index in [-0.39, 0.29) is 0 Å². The molecule has 3 nitrogen and oxygen atoms in total. The third-order valence-electron chi connectivity index (χ3n) is 3.55. The summed E-state index contributed by atoms with van der Waals surface area (Å²) in [6, 6.07) is 11.0. The predicted octanol–water partition coefficient (Wildman–Crippen LogP) is 3.59. The molecule has 3 rings (SSSR count). The molecule has 0 atom stereocenters. The lowest BCUT2D eigenvalue weighted by Gasteiger charge is -2.22. The summed E-state index contributed by atoms with van der Waals surface area (Å²) in [6.45, 7) is 1.88. The van der Waals surface area contributed by atoms with Gasteiger partial charge in [-0.05, 0) is 58.1 Å². The molecule has 1 saturated carbocycles. The molecule has 104 valence electrons. The second-order valence-electron chi connectivity index (χ2n) is 5.39. The molecule has 0 unspecified atom stereocenters. The van der Waals surface area contributed by atoms with Gasteiger partial charge in [0.2, 0.25) is 0 Å². The van der Waals surface area contributed by atoms with Gasteiger partial charge in [-0.3, -0.25) is 9.88 Å². The third kappa shape index (κ3) is 3.58. The van der Waals surface area contributed by atoms with Gasteiger partial charge in [0.15, 0.2) is 0 Å². The van der Waals surface area contributed by atoms with Crippen molar-refractivity contribution < 1.29 is 0 Å². The van der Waals surface area contributed by atoms with Gasteiger partial charge in [0, 0.05) is 41.7 Å². The average Bonchev–Trinajstić information content (AvgIpc) is 3.22. The summed E-state index contributed by atoms with van der Waals surface area (Å²) in [6.07, 6.45) is 6.36. The fourth-order valence-electron chi connectivity index (χ4n) is 2.46. The van der Waals surface area contributed by atoms with Gasteiger partial charge in [-0.1, -0.05) is 12.1 Å². The van der Waals surface area contributed by atoms with Crippen molar-refractivity contribution in [3.05, 3.63) is 58.3 Å². The Hall–Kier alpha value is -1.39. The Balaban J connectivity index is 1.73. The van der Waals surface area contributed by atoms with E-state index in [0.29, 0.717) is 6.04 Å².